The van der Waals surface area contributed by atoms with Gasteiger partial charge < -0.3 is 5.32 Å². The molecule has 0 bridgehead atoms. The van der Waals surface area contributed by atoms with Gasteiger partial charge in [-0.05, 0) is 56.5 Å². The summed E-state index contributed by atoms with van der Waals surface area (Å²) in [7, 11) is 0. The molecule has 0 aliphatic carbocycles. The van der Waals surface area contributed by atoms with Crippen molar-refractivity contribution in [1.29, 1.82) is 0 Å². The van der Waals surface area contributed by atoms with Crippen LogP contribution >= 0.6 is 35.6 Å². The van der Waals surface area contributed by atoms with Gasteiger partial charge in [-0.3, -0.25) is 14.5 Å². The zero-order valence-electron chi connectivity index (χ0n) is 16.4. The fourth-order valence-corrected chi connectivity index (χ4v) is 5.19. The summed E-state index contributed by atoms with van der Waals surface area (Å²) in [6.07, 6.45) is 1.66. The summed E-state index contributed by atoms with van der Waals surface area (Å²) in [6, 6.07) is 16.1. The van der Waals surface area contributed by atoms with Crippen molar-refractivity contribution in [2.75, 3.05) is 6.54 Å². The van der Waals surface area contributed by atoms with Crippen LogP contribution in [0.25, 0.3) is 0 Å². The number of nitrogens with zero attached hydrogens (tertiary/aromatic N) is 1. The molecule has 4 nitrogen and oxygen atoms in total. The standard InChI is InChI=1S/C22H23ClN2O2S2/c1-22(2)18(24-19(26)16-10-12-17(23)13-11-16)20(27)25(21(28)29-22)14-6-9-15-7-4-3-5-8-15/h3-5,7-8,10-13,18H,6,9,14H2,1-2H3,(H,24,26). The zero-order chi connectivity index (χ0) is 21.0. The molecule has 1 heterocycles. The number of hydrogen-bond acceptors (Lipinski definition) is 4. The lowest BCUT2D eigenvalue weighted by Gasteiger charge is -2.42. The maximum absolute atomic E-state index is 13.2. The SMILES string of the molecule is CC1(C)SC(=S)N(CCCc2ccccc2)C(=O)C1NC(=O)c1ccc(Cl)cc1. The molecule has 0 spiro atoms. The van der Waals surface area contributed by atoms with E-state index in [-0.39, 0.29) is 11.8 Å². The number of amides is 2. The predicted octanol–water partition coefficient (Wildman–Crippen LogP) is 4.71. The third-order valence-corrected chi connectivity index (χ3v) is 6.73. The molecule has 1 fully saturated rings. The highest BCUT2D eigenvalue weighted by atomic mass is 35.5. The first-order valence-corrected chi connectivity index (χ1v) is 11.0. The van der Waals surface area contributed by atoms with Gasteiger partial charge in [-0.1, -0.05) is 65.9 Å². The monoisotopic (exact) mass is 446 g/mol. The summed E-state index contributed by atoms with van der Waals surface area (Å²) < 4.78 is 0.0247. The Morgan fingerprint density at radius 2 is 1.83 bits per heavy atom. The molecule has 0 aromatic heterocycles. The maximum atomic E-state index is 13.2. The normalized spacial score (nSPS) is 18.6. The van der Waals surface area contributed by atoms with Crippen LogP contribution < -0.4 is 5.32 Å². The van der Waals surface area contributed by atoms with E-state index in [1.54, 1.807) is 29.2 Å². The summed E-state index contributed by atoms with van der Waals surface area (Å²) in [4.78, 5) is 27.5. The minimum absolute atomic E-state index is 0.158. The van der Waals surface area contributed by atoms with Crippen molar-refractivity contribution in [2.24, 2.45) is 0 Å². The van der Waals surface area contributed by atoms with Crippen LogP contribution in [-0.4, -0.2) is 38.4 Å². The largest absolute Gasteiger partial charge is 0.339 e. The summed E-state index contributed by atoms with van der Waals surface area (Å²) in [5.41, 5.74) is 1.69. The quantitative estimate of drug-likeness (QED) is 0.653. The van der Waals surface area contributed by atoms with E-state index in [1.807, 2.05) is 32.0 Å². The number of carbonyl (C=O) groups is 2. The Morgan fingerprint density at radius 3 is 2.48 bits per heavy atom. The second-order valence-electron chi connectivity index (χ2n) is 7.46. The Hall–Kier alpha value is -1.89. The summed E-state index contributed by atoms with van der Waals surface area (Å²) >= 11 is 12.8. The van der Waals surface area contributed by atoms with Crippen molar-refractivity contribution in [3.8, 4) is 0 Å². The fourth-order valence-electron chi connectivity index (χ4n) is 3.22. The van der Waals surface area contributed by atoms with Crippen molar-refractivity contribution in [3.63, 3.8) is 0 Å². The van der Waals surface area contributed by atoms with Gasteiger partial charge in [0, 0.05) is 21.9 Å². The number of thioether (sulfide) groups is 1. The molecule has 1 unspecified atom stereocenters. The molecular formula is C22H23ClN2O2S2. The van der Waals surface area contributed by atoms with E-state index in [9.17, 15) is 9.59 Å². The van der Waals surface area contributed by atoms with Gasteiger partial charge >= 0.3 is 0 Å². The molecule has 1 N–H and O–H groups in total. The Morgan fingerprint density at radius 1 is 1.17 bits per heavy atom. The van der Waals surface area contributed by atoms with E-state index < -0.39 is 10.8 Å². The van der Waals surface area contributed by atoms with E-state index in [1.165, 1.54) is 17.3 Å². The smallest absolute Gasteiger partial charge is 0.252 e. The van der Waals surface area contributed by atoms with Crippen molar-refractivity contribution in [3.05, 3.63) is 70.7 Å². The summed E-state index contributed by atoms with van der Waals surface area (Å²) in [5, 5.41) is 3.46. The molecule has 0 saturated carbocycles. The van der Waals surface area contributed by atoms with Gasteiger partial charge in [0.2, 0.25) is 0 Å². The van der Waals surface area contributed by atoms with Crippen LogP contribution in [0.15, 0.2) is 54.6 Å². The van der Waals surface area contributed by atoms with Crippen LogP contribution in [0.2, 0.25) is 5.02 Å². The van der Waals surface area contributed by atoms with Crippen LogP contribution in [-0.2, 0) is 11.2 Å². The van der Waals surface area contributed by atoms with Crippen molar-refractivity contribution < 1.29 is 9.59 Å². The first-order chi connectivity index (χ1) is 13.8. The molecule has 3 rings (SSSR count). The maximum Gasteiger partial charge on any atom is 0.252 e. The highest BCUT2D eigenvalue weighted by Crippen LogP contribution is 2.36. The number of rotatable bonds is 6. The van der Waals surface area contributed by atoms with E-state index in [4.69, 9.17) is 23.8 Å². The third kappa shape index (κ3) is 5.38. The van der Waals surface area contributed by atoms with E-state index in [2.05, 4.69) is 17.4 Å². The topological polar surface area (TPSA) is 49.4 Å². The van der Waals surface area contributed by atoms with Gasteiger partial charge in [-0.25, -0.2) is 0 Å². The molecule has 29 heavy (non-hydrogen) atoms. The predicted molar refractivity (Wildman–Crippen MR) is 123 cm³/mol. The molecule has 0 radical (unpaired) electrons. The average Bonchev–Trinajstić information content (AvgIpc) is 2.68. The van der Waals surface area contributed by atoms with Gasteiger partial charge in [0.1, 0.15) is 10.4 Å². The molecule has 1 aliphatic heterocycles. The second kappa shape index (κ2) is 9.28. The molecule has 2 aromatic rings. The highest BCUT2D eigenvalue weighted by Gasteiger charge is 2.46. The first-order valence-electron chi connectivity index (χ1n) is 9.42. The number of carbonyl (C=O) groups excluding carboxylic acids is 2. The second-order valence-corrected chi connectivity index (χ2v) is 10.2. The third-order valence-electron chi connectivity index (χ3n) is 4.85. The van der Waals surface area contributed by atoms with Crippen LogP contribution in [0.1, 0.15) is 36.2 Å². The zero-order valence-corrected chi connectivity index (χ0v) is 18.7. The van der Waals surface area contributed by atoms with Crippen LogP contribution in [0.3, 0.4) is 0 Å². The summed E-state index contributed by atoms with van der Waals surface area (Å²) in [6.45, 7) is 4.38. The van der Waals surface area contributed by atoms with Gasteiger partial charge in [0.15, 0.2) is 0 Å². The highest BCUT2D eigenvalue weighted by molar-refractivity contribution is 8.24. The average molecular weight is 447 g/mol. The Kier molecular flexibility index (Phi) is 6.98. The lowest BCUT2D eigenvalue weighted by atomic mass is 10.00. The number of hydrogen-bond donors (Lipinski definition) is 1. The number of halogens is 1. The molecule has 1 aliphatic rings. The molecular weight excluding hydrogens is 424 g/mol. The molecule has 7 heteroatoms. The van der Waals surface area contributed by atoms with E-state index >= 15 is 0 Å². The molecule has 2 amide bonds. The summed E-state index contributed by atoms with van der Waals surface area (Å²) in [5.74, 6) is -0.458. The van der Waals surface area contributed by atoms with E-state index in [0.717, 1.165) is 12.8 Å². The lowest BCUT2D eigenvalue weighted by Crippen LogP contribution is -2.62. The number of thiocarbonyl (C=S) groups is 1. The number of aryl methyl sites for hydroxylation is 1. The molecule has 1 atom stereocenters. The Labute approximate surface area is 186 Å². The van der Waals surface area contributed by atoms with E-state index in [0.29, 0.717) is 21.5 Å². The number of nitrogens with one attached hydrogen (secondary N) is 1. The molecule has 1 saturated heterocycles. The Balaban J connectivity index is 1.68. The molecule has 152 valence electrons. The van der Waals surface area contributed by atoms with Gasteiger partial charge in [0.05, 0.1) is 0 Å². The van der Waals surface area contributed by atoms with Crippen LogP contribution in [0, 0.1) is 0 Å². The lowest BCUT2D eigenvalue weighted by molar-refractivity contribution is -0.130. The van der Waals surface area contributed by atoms with Crippen molar-refractivity contribution >= 4 is 51.7 Å². The van der Waals surface area contributed by atoms with Gasteiger partial charge in [0.25, 0.3) is 11.8 Å². The van der Waals surface area contributed by atoms with Crippen LogP contribution in [0.4, 0.5) is 0 Å². The first kappa shape index (κ1) is 21.8. The van der Waals surface area contributed by atoms with Crippen molar-refractivity contribution in [1.82, 2.24) is 10.2 Å². The van der Waals surface area contributed by atoms with Crippen molar-refractivity contribution in [2.45, 2.75) is 37.5 Å². The Bertz CT molecular complexity index is 901. The molecule has 2 aromatic carbocycles. The van der Waals surface area contributed by atoms with Gasteiger partial charge in [-0.2, -0.15) is 0 Å². The minimum atomic E-state index is -0.667. The van der Waals surface area contributed by atoms with Gasteiger partial charge in [-0.15, -0.1) is 0 Å². The number of benzene rings is 2. The van der Waals surface area contributed by atoms with Crippen LogP contribution in [0.5, 0.6) is 0 Å². The fraction of sp³-hybridized carbons (Fsp3) is 0.318. The minimum Gasteiger partial charge on any atom is -0.339 e.